The second-order valence-electron chi connectivity index (χ2n) is 3.86. The number of rotatable bonds is 4. The molecular formula is C12H15ClN2O. The number of amides is 1. The van der Waals surface area contributed by atoms with E-state index < -0.39 is 0 Å². The van der Waals surface area contributed by atoms with Crippen molar-refractivity contribution < 1.29 is 4.79 Å². The standard InChI is InChI=1S/C12H15ClN2O/c1-9(2)8-14-15-12(16)7-10-3-5-11(13)6-4-10/h3-6,8-9H,7H2,1-2H3,(H,15,16)/b14-8+. The zero-order valence-electron chi connectivity index (χ0n) is 9.40. The van der Waals surface area contributed by atoms with E-state index in [-0.39, 0.29) is 5.91 Å². The predicted octanol–water partition coefficient (Wildman–Crippen LogP) is 2.64. The SMILES string of the molecule is CC(C)/C=N/NC(=O)Cc1ccc(Cl)cc1. The van der Waals surface area contributed by atoms with Gasteiger partial charge in [-0.2, -0.15) is 5.10 Å². The third kappa shape index (κ3) is 4.94. The predicted molar refractivity (Wildman–Crippen MR) is 66.6 cm³/mol. The smallest absolute Gasteiger partial charge is 0.244 e. The van der Waals surface area contributed by atoms with Crippen molar-refractivity contribution in [1.29, 1.82) is 0 Å². The summed E-state index contributed by atoms with van der Waals surface area (Å²) in [6.45, 7) is 3.99. The van der Waals surface area contributed by atoms with Crippen molar-refractivity contribution >= 4 is 23.7 Å². The lowest BCUT2D eigenvalue weighted by atomic mass is 10.1. The van der Waals surface area contributed by atoms with Crippen LogP contribution >= 0.6 is 11.6 Å². The van der Waals surface area contributed by atoms with Gasteiger partial charge in [-0.3, -0.25) is 4.79 Å². The molecule has 0 unspecified atom stereocenters. The number of hydrazone groups is 1. The molecule has 0 saturated heterocycles. The summed E-state index contributed by atoms with van der Waals surface area (Å²) in [7, 11) is 0. The molecular weight excluding hydrogens is 224 g/mol. The van der Waals surface area contributed by atoms with Crippen LogP contribution in [0.4, 0.5) is 0 Å². The first kappa shape index (κ1) is 12.7. The van der Waals surface area contributed by atoms with E-state index in [2.05, 4.69) is 10.5 Å². The van der Waals surface area contributed by atoms with E-state index in [1.54, 1.807) is 18.3 Å². The van der Waals surface area contributed by atoms with E-state index in [4.69, 9.17) is 11.6 Å². The molecule has 1 aromatic carbocycles. The summed E-state index contributed by atoms with van der Waals surface area (Å²) in [6, 6.07) is 7.19. The van der Waals surface area contributed by atoms with Crippen molar-refractivity contribution in [2.45, 2.75) is 20.3 Å². The lowest BCUT2D eigenvalue weighted by Crippen LogP contribution is -2.20. The number of nitrogens with zero attached hydrogens (tertiary/aromatic N) is 1. The van der Waals surface area contributed by atoms with Crippen LogP contribution in [0.1, 0.15) is 19.4 Å². The molecule has 0 aliphatic rings. The van der Waals surface area contributed by atoms with Crippen molar-refractivity contribution in [2.75, 3.05) is 0 Å². The minimum atomic E-state index is -0.126. The molecule has 1 amide bonds. The lowest BCUT2D eigenvalue weighted by Gasteiger charge is -2.01. The normalized spacial score (nSPS) is 11.0. The highest BCUT2D eigenvalue weighted by atomic mass is 35.5. The third-order valence-electron chi connectivity index (χ3n) is 1.84. The summed E-state index contributed by atoms with van der Waals surface area (Å²) < 4.78 is 0. The van der Waals surface area contributed by atoms with Crippen LogP contribution in [-0.4, -0.2) is 12.1 Å². The molecule has 1 rings (SSSR count). The number of carbonyl (C=O) groups is 1. The Kier molecular flexibility index (Phi) is 4.99. The molecule has 0 atom stereocenters. The average Bonchev–Trinajstić information content (AvgIpc) is 2.21. The Morgan fingerprint density at radius 2 is 2.06 bits per heavy atom. The maximum atomic E-state index is 11.4. The number of halogens is 1. The molecule has 0 aliphatic carbocycles. The maximum Gasteiger partial charge on any atom is 0.244 e. The van der Waals surface area contributed by atoms with Crippen LogP contribution in [0.3, 0.4) is 0 Å². The van der Waals surface area contributed by atoms with Crippen LogP contribution in [0.5, 0.6) is 0 Å². The summed E-state index contributed by atoms with van der Waals surface area (Å²) in [6.07, 6.45) is 2.01. The highest BCUT2D eigenvalue weighted by molar-refractivity contribution is 6.30. The molecule has 0 fully saturated rings. The van der Waals surface area contributed by atoms with Crippen LogP contribution in [0.15, 0.2) is 29.4 Å². The molecule has 0 aliphatic heterocycles. The highest BCUT2D eigenvalue weighted by Gasteiger charge is 2.01. The molecule has 0 saturated carbocycles. The lowest BCUT2D eigenvalue weighted by molar-refractivity contribution is -0.120. The fraction of sp³-hybridized carbons (Fsp3) is 0.333. The maximum absolute atomic E-state index is 11.4. The van der Waals surface area contributed by atoms with E-state index in [1.165, 1.54) is 0 Å². The second kappa shape index (κ2) is 6.28. The first-order valence-corrected chi connectivity index (χ1v) is 5.52. The first-order chi connectivity index (χ1) is 7.58. The molecule has 0 heterocycles. The number of nitrogens with one attached hydrogen (secondary N) is 1. The molecule has 0 aromatic heterocycles. The monoisotopic (exact) mass is 238 g/mol. The first-order valence-electron chi connectivity index (χ1n) is 5.14. The van der Waals surface area contributed by atoms with Gasteiger partial charge in [-0.25, -0.2) is 5.43 Å². The van der Waals surface area contributed by atoms with Gasteiger partial charge in [0.15, 0.2) is 0 Å². The Bertz CT molecular complexity index is 371. The second-order valence-corrected chi connectivity index (χ2v) is 4.30. The van der Waals surface area contributed by atoms with Gasteiger partial charge in [-0.15, -0.1) is 0 Å². The van der Waals surface area contributed by atoms with Crippen molar-refractivity contribution in [3.8, 4) is 0 Å². The van der Waals surface area contributed by atoms with E-state index >= 15 is 0 Å². The van der Waals surface area contributed by atoms with Crippen molar-refractivity contribution in [3.63, 3.8) is 0 Å². The molecule has 86 valence electrons. The largest absolute Gasteiger partial charge is 0.273 e. The number of benzene rings is 1. The van der Waals surface area contributed by atoms with Gasteiger partial charge >= 0.3 is 0 Å². The van der Waals surface area contributed by atoms with Crippen LogP contribution in [0, 0.1) is 5.92 Å². The van der Waals surface area contributed by atoms with Crippen molar-refractivity contribution in [2.24, 2.45) is 11.0 Å². The van der Waals surface area contributed by atoms with Crippen molar-refractivity contribution in [1.82, 2.24) is 5.43 Å². The number of hydrogen-bond donors (Lipinski definition) is 1. The van der Waals surface area contributed by atoms with Gasteiger partial charge in [0, 0.05) is 11.2 Å². The Balaban J connectivity index is 2.43. The Morgan fingerprint density at radius 3 is 2.62 bits per heavy atom. The molecule has 0 bridgehead atoms. The van der Waals surface area contributed by atoms with Gasteiger partial charge < -0.3 is 0 Å². The summed E-state index contributed by atoms with van der Waals surface area (Å²) in [5.74, 6) is 0.204. The zero-order valence-corrected chi connectivity index (χ0v) is 10.2. The van der Waals surface area contributed by atoms with Crippen LogP contribution in [0.2, 0.25) is 5.02 Å². The highest BCUT2D eigenvalue weighted by Crippen LogP contribution is 2.09. The van der Waals surface area contributed by atoms with Gasteiger partial charge in [0.05, 0.1) is 6.42 Å². The minimum Gasteiger partial charge on any atom is -0.273 e. The molecule has 0 radical (unpaired) electrons. The Hall–Kier alpha value is -1.35. The minimum absolute atomic E-state index is 0.126. The fourth-order valence-corrected chi connectivity index (χ4v) is 1.21. The molecule has 4 heteroatoms. The zero-order chi connectivity index (χ0) is 12.0. The Morgan fingerprint density at radius 1 is 1.44 bits per heavy atom. The van der Waals surface area contributed by atoms with Gasteiger partial charge in [0.25, 0.3) is 0 Å². The molecule has 1 aromatic rings. The third-order valence-corrected chi connectivity index (χ3v) is 2.09. The summed E-state index contributed by atoms with van der Waals surface area (Å²) >= 11 is 5.74. The van der Waals surface area contributed by atoms with Gasteiger partial charge in [0.1, 0.15) is 0 Å². The molecule has 16 heavy (non-hydrogen) atoms. The Labute approximate surface area is 101 Å². The van der Waals surface area contributed by atoms with Gasteiger partial charge in [-0.1, -0.05) is 37.6 Å². The van der Waals surface area contributed by atoms with Crippen LogP contribution in [0.25, 0.3) is 0 Å². The van der Waals surface area contributed by atoms with Crippen molar-refractivity contribution in [3.05, 3.63) is 34.9 Å². The van der Waals surface area contributed by atoms with Gasteiger partial charge in [-0.05, 0) is 23.6 Å². The summed E-state index contributed by atoms with van der Waals surface area (Å²) in [5, 5.41) is 4.50. The van der Waals surface area contributed by atoms with Crippen LogP contribution < -0.4 is 5.43 Å². The molecule has 3 nitrogen and oxygen atoms in total. The quantitative estimate of drug-likeness (QED) is 0.636. The number of hydrogen-bond acceptors (Lipinski definition) is 2. The van der Waals surface area contributed by atoms with E-state index in [1.807, 2.05) is 26.0 Å². The summed E-state index contributed by atoms with van der Waals surface area (Å²) in [4.78, 5) is 11.4. The van der Waals surface area contributed by atoms with Gasteiger partial charge in [0.2, 0.25) is 5.91 Å². The van der Waals surface area contributed by atoms with E-state index in [0.717, 1.165) is 5.56 Å². The van der Waals surface area contributed by atoms with E-state index in [9.17, 15) is 4.79 Å². The van der Waals surface area contributed by atoms with Crippen LogP contribution in [-0.2, 0) is 11.2 Å². The van der Waals surface area contributed by atoms with E-state index in [0.29, 0.717) is 17.4 Å². The summed E-state index contributed by atoms with van der Waals surface area (Å²) in [5.41, 5.74) is 3.39. The molecule has 1 N–H and O–H groups in total. The topological polar surface area (TPSA) is 41.5 Å². The fourth-order valence-electron chi connectivity index (χ4n) is 1.09. The average molecular weight is 239 g/mol. The molecule has 0 spiro atoms. The number of carbonyl (C=O) groups excluding carboxylic acids is 1.